The maximum absolute atomic E-state index is 12.3. The third-order valence-corrected chi connectivity index (χ3v) is 4.64. The molecule has 0 fully saturated rings. The van der Waals surface area contributed by atoms with Crippen molar-refractivity contribution in [3.8, 4) is 0 Å². The minimum absolute atomic E-state index is 0.0726. The summed E-state index contributed by atoms with van der Waals surface area (Å²) in [7, 11) is 1.67. The quantitative estimate of drug-likeness (QED) is 0.687. The van der Waals surface area contributed by atoms with Crippen LogP contribution in [0.4, 0.5) is 0 Å². The first-order valence-corrected chi connectivity index (χ1v) is 8.27. The van der Waals surface area contributed by atoms with Gasteiger partial charge in [-0.1, -0.05) is 6.07 Å². The highest BCUT2D eigenvalue weighted by atomic mass is 16.1. The molecule has 3 aromatic rings. The summed E-state index contributed by atoms with van der Waals surface area (Å²) in [5.74, 6) is 0. The van der Waals surface area contributed by atoms with Gasteiger partial charge in [0.1, 0.15) is 5.65 Å². The maximum Gasteiger partial charge on any atom is 0.266 e. The molecule has 0 aromatic carbocycles. The van der Waals surface area contributed by atoms with E-state index in [0.717, 1.165) is 35.5 Å². The second kappa shape index (κ2) is 5.93. The third-order valence-electron chi connectivity index (χ3n) is 4.64. The Hall–Kier alpha value is -2.80. The van der Waals surface area contributed by atoms with E-state index in [0.29, 0.717) is 18.7 Å². The summed E-state index contributed by atoms with van der Waals surface area (Å²) < 4.78 is 2.95. The Kier molecular flexibility index (Phi) is 3.73. The van der Waals surface area contributed by atoms with Crippen LogP contribution < -0.4 is 11.1 Å². The van der Waals surface area contributed by atoms with Crippen molar-refractivity contribution in [2.45, 2.75) is 26.4 Å². The smallest absolute Gasteiger partial charge is 0.266 e. The lowest BCUT2D eigenvalue weighted by Crippen LogP contribution is -2.34. The molecule has 0 N–H and O–H groups in total. The van der Waals surface area contributed by atoms with Gasteiger partial charge in [-0.2, -0.15) is 5.10 Å². The van der Waals surface area contributed by atoms with Crippen LogP contribution in [-0.2, 0) is 26.6 Å². The molecule has 4 rings (SSSR count). The molecule has 4 heterocycles. The van der Waals surface area contributed by atoms with E-state index in [-0.39, 0.29) is 11.1 Å². The van der Waals surface area contributed by atoms with Gasteiger partial charge in [-0.05, 0) is 24.1 Å². The highest BCUT2D eigenvalue weighted by Gasteiger charge is 2.19. The molecule has 0 radical (unpaired) electrons. The van der Waals surface area contributed by atoms with Crippen LogP contribution in [0, 0.1) is 6.92 Å². The molecule has 0 bridgehead atoms. The van der Waals surface area contributed by atoms with Crippen LogP contribution in [0.2, 0.25) is 0 Å². The molecule has 1 aliphatic heterocycles. The summed E-state index contributed by atoms with van der Waals surface area (Å²) >= 11 is 0. The zero-order chi connectivity index (χ0) is 17.6. The predicted molar refractivity (Wildman–Crippen MR) is 93.5 cm³/mol. The highest BCUT2D eigenvalue weighted by Crippen LogP contribution is 2.17. The lowest BCUT2D eigenvalue weighted by molar-refractivity contribution is 0.238. The van der Waals surface area contributed by atoms with Crippen LogP contribution in [0.25, 0.3) is 5.65 Å². The molecule has 7 heteroatoms. The predicted octanol–water partition coefficient (Wildman–Crippen LogP) is 0.655. The third kappa shape index (κ3) is 2.87. The number of nitrogens with zero attached hydrogens (tertiary/aromatic N) is 5. The van der Waals surface area contributed by atoms with Gasteiger partial charge < -0.3 is 0 Å². The molecule has 128 valence electrons. The van der Waals surface area contributed by atoms with Gasteiger partial charge in [0.2, 0.25) is 0 Å². The van der Waals surface area contributed by atoms with Crippen molar-refractivity contribution in [3.63, 3.8) is 0 Å². The lowest BCUT2D eigenvalue weighted by Gasteiger charge is -2.27. The Morgan fingerprint density at radius 1 is 1.20 bits per heavy atom. The van der Waals surface area contributed by atoms with Crippen molar-refractivity contribution in [3.05, 3.63) is 73.7 Å². The fourth-order valence-electron chi connectivity index (χ4n) is 3.31. The zero-order valence-corrected chi connectivity index (χ0v) is 14.3. The van der Waals surface area contributed by atoms with Crippen molar-refractivity contribution < 1.29 is 0 Å². The van der Waals surface area contributed by atoms with E-state index in [1.807, 2.05) is 19.1 Å². The molecule has 0 saturated heterocycles. The molecule has 0 unspecified atom stereocenters. The Morgan fingerprint density at radius 3 is 2.88 bits per heavy atom. The van der Waals surface area contributed by atoms with Crippen LogP contribution in [-0.4, -0.2) is 30.6 Å². The summed E-state index contributed by atoms with van der Waals surface area (Å²) in [6.07, 6.45) is 2.52. The van der Waals surface area contributed by atoms with Crippen molar-refractivity contribution in [2.24, 2.45) is 7.05 Å². The Labute approximate surface area is 144 Å². The van der Waals surface area contributed by atoms with E-state index in [4.69, 9.17) is 0 Å². The highest BCUT2D eigenvalue weighted by molar-refractivity contribution is 5.46. The molecule has 0 atom stereocenters. The lowest BCUT2D eigenvalue weighted by atomic mass is 10.1. The monoisotopic (exact) mass is 337 g/mol. The summed E-state index contributed by atoms with van der Waals surface area (Å²) in [6, 6.07) is 7.04. The van der Waals surface area contributed by atoms with Crippen molar-refractivity contribution in [2.75, 3.05) is 6.54 Å². The van der Waals surface area contributed by atoms with Gasteiger partial charge >= 0.3 is 0 Å². The second-order valence-corrected chi connectivity index (χ2v) is 6.51. The molecule has 25 heavy (non-hydrogen) atoms. The van der Waals surface area contributed by atoms with Crippen LogP contribution in [0.1, 0.15) is 22.5 Å². The van der Waals surface area contributed by atoms with Gasteiger partial charge in [-0.15, -0.1) is 0 Å². The molecule has 0 spiro atoms. The van der Waals surface area contributed by atoms with Crippen molar-refractivity contribution >= 4 is 5.65 Å². The number of fused-ring (bicyclic) bond motifs is 2. The Bertz CT molecular complexity index is 1080. The first-order chi connectivity index (χ1) is 12.0. The molecule has 0 amide bonds. The van der Waals surface area contributed by atoms with Crippen LogP contribution in [0.5, 0.6) is 0 Å². The zero-order valence-electron chi connectivity index (χ0n) is 14.3. The molecule has 0 aliphatic carbocycles. The largest absolute Gasteiger partial charge is 0.293 e. The van der Waals surface area contributed by atoms with E-state index in [1.54, 1.807) is 29.8 Å². The fourth-order valence-corrected chi connectivity index (χ4v) is 3.31. The Morgan fingerprint density at radius 2 is 2.04 bits per heavy atom. The first kappa shape index (κ1) is 15.7. The van der Waals surface area contributed by atoms with E-state index < -0.39 is 0 Å². The van der Waals surface area contributed by atoms with Gasteiger partial charge in [-0.3, -0.25) is 18.9 Å². The van der Waals surface area contributed by atoms with E-state index in [2.05, 4.69) is 15.0 Å². The standard InChI is InChI=1S/C18H19N5O2/c1-12-4-3-6-23-17(25)9-14(19-18(12)23)11-22-7-5-15-13(10-22)8-16(24)21(2)20-15/h3-4,6,8-9H,5,7,10-11H2,1-2H3. The molecule has 7 nitrogen and oxygen atoms in total. The van der Waals surface area contributed by atoms with Crippen LogP contribution in [0.15, 0.2) is 40.1 Å². The van der Waals surface area contributed by atoms with Gasteiger partial charge in [0, 0.05) is 51.4 Å². The van der Waals surface area contributed by atoms with Gasteiger partial charge in [0.15, 0.2) is 0 Å². The average molecular weight is 337 g/mol. The number of hydrogen-bond donors (Lipinski definition) is 0. The van der Waals surface area contributed by atoms with Crippen molar-refractivity contribution in [1.82, 2.24) is 24.1 Å². The topological polar surface area (TPSA) is 72.5 Å². The first-order valence-electron chi connectivity index (χ1n) is 8.27. The molecular weight excluding hydrogens is 318 g/mol. The summed E-state index contributed by atoms with van der Waals surface area (Å²) in [5.41, 5.74) is 4.18. The summed E-state index contributed by atoms with van der Waals surface area (Å²) in [4.78, 5) is 31.0. The number of aromatic nitrogens is 4. The summed E-state index contributed by atoms with van der Waals surface area (Å²) in [6.45, 7) is 4.00. The minimum Gasteiger partial charge on any atom is -0.293 e. The van der Waals surface area contributed by atoms with E-state index >= 15 is 0 Å². The minimum atomic E-state index is -0.0988. The molecule has 3 aromatic heterocycles. The molecule has 1 aliphatic rings. The maximum atomic E-state index is 12.3. The molecule has 0 saturated carbocycles. The van der Waals surface area contributed by atoms with Gasteiger partial charge in [0.05, 0.1) is 11.4 Å². The second-order valence-electron chi connectivity index (χ2n) is 6.51. The normalized spacial score (nSPS) is 14.6. The fraction of sp³-hybridized carbons (Fsp3) is 0.333. The van der Waals surface area contributed by atoms with Crippen molar-refractivity contribution in [1.29, 1.82) is 0 Å². The average Bonchev–Trinajstić information content (AvgIpc) is 2.57. The number of pyridine rings is 1. The van der Waals surface area contributed by atoms with Crippen LogP contribution in [0.3, 0.4) is 0 Å². The Balaban J connectivity index is 1.64. The molecular formula is C18H19N5O2. The van der Waals surface area contributed by atoms with E-state index in [1.165, 1.54) is 4.68 Å². The van der Waals surface area contributed by atoms with Crippen LogP contribution >= 0.6 is 0 Å². The van der Waals surface area contributed by atoms with Gasteiger partial charge in [0.25, 0.3) is 11.1 Å². The number of rotatable bonds is 2. The summed E-state index contributed by atoms with van der Waals surface area (Å²) in [5, 5.41) is 4.33. The number of hydrogen-bond acceptors (Lipinski definition) is 5. The SMILES string of the molecule is Cc1cccn2c(=O)cc(CN3CCc4nn(C)c(=O)cc4C3)nc12. The van der Waals surface area contributed by atoms with Gasteiger partial charge in [-0.25, -0.2) is 9.67 Å². The number of aryl methyl sites for hydroxylation is 2. The van der Waals surface area contributed by atoms with E-state index in [9.17, 15) is 9.59 Å².